The predicted molar refractivity (Wildman–Crippen MR) is 66.1 cm³/mol. The lowest BCUT2D eigenvalue weighted by Gasteiger charge is -2.26. The molecule has 1 aliphatic rings. The molecule has 94 valence electrons. The third-order valence-corrected chi connectivity index (χ3v) is 3.30. The second-order valence-electron chi connectivity index (χ2n) is 4.63. The van der Waals surface area contributed by atoms with Crippen LogP contribution < -0.4 is 16.4 Å². The minimum absolute atomic E-state index is 0.0918. The van der Waals surface area contributed by atoms with E-state index in [2.05, 4.69) is 10.6 Å². The monoisotopic (exact) mass is 227 g/mol. The van der Waals surface area contributed by atoms with E-state index < -0.39 is 0 Å². The molecule has 0 aromatic rings. The highest BCUT2D eigenvalue weighted by atomic mass is 16.1. The van der Waals surface area contributed by atoms with E-state index in [1.165, 1.54) is 25.7 Å². The Labute approximate surface area is 98.3 Å². The van der Waals surface area contributed by atoms with Gasteiger partial charge in [-0.3, -0.25) is 4.79 Å². The Morgan fingerprint density at radius 2 is 2.25 bits per heavy atom. The molecular weight excluding hydrogens is 202 g/mol. The van der Waals surface area contributed by atoms with Crippen LogP contribution in [0.25, 0.3) is 0 Å². The minimum Gasteiger partial charge on any atom is -0.356 e. The van der Waals surface area contributed by atoms with Gasteiger partial charge in [-0.2, -0.15) is 0 Å². The molecular formula is C12H25N3O. The van der Waals surface area contributed by atoms with Gasteiger partial charge in [-0.25, -0.2) is 0 Å². The van der Waals surface area contributed by atoms with Crippen molar-refractivity contribution in [1.82, 2.24) is 10.6 Å². The first-order chi connectivity index (χ1) is 7.76. The van der Waals surface area contributed by atoms with Crippen LogP contribution in [0.15, 0.2) is 0 Å². The van der Waals surface area contributed by atoms with Gasteiger partial charge in [0, 0.05) is 25.6 Å². The summed E-state index contributed by atoms with van der Waals surface area (Å²) in [4.78, 5) is 11.4. The lowest BCUT2D eigenvalue weighted by molar-refractivity contribution is -0.121. The molecule has 0 aromatic carbocycles. The largest absolute Gasteiger partial charge is 0.356 e. The van der Waals surface area contributed by atoms with Gasteiger partial charge >= 0.3 is 0 Å². The molecule has 0 spiro atoms. The molecule has 1 atom stereocenters. The maximum atomic E-state index is 11.4. The minimum atomic E-state index is 0.0918. The van der Waals surface area contributed by atoms with Crippen LogP contribution in [0.5, 0.6) is 0 Å². The molecule has 16 heavy (non-hydrogen) atoms. The third-order valence-electron chi connectivity index (χ3n) is 3.30. The Bertz CT molecular complexity index is 204. The van der Waals surface area contributed by atoms with Crippen LogP contribution in [0.4, 0.5) is 0 Å². The molecule has 1 amide bonds. The molecule has 0 aromatic heterocycles. The first kappa shape index (κ1) is 13.5. The van der Waals surface area contributed by atoms with Crippen LogP contribution in [0.1, 0.15) is 39.0 Å². The molecule has 0 saturated heterocycles. The molecule has 1 saturated carbocycles. The number of nitrogens with two attached hydrogens (primary N) is 1. The van der Waals surface area contributed by atoms with E-state index in [1.807, 2.05) is 6.92 Å². The van der Waals surface area contributed by atoms with Gasteiger partial charge in [0.2, 0.25) is 5.91 Å². The van der Waals surface area contributed by atoms with E-state index in [0.29, 0.717) is 19.5 Å². The van der Waals surface area contributed by atoms with E-state index in [4.69, 9.17) is 5.73 Å². The second kappa shape index (κ2) is 7.63. The zero-order valence-electron chi connectivity index (χ0n) is 10.3. The van der Waals surface area contributed by atoms with Gasteiger partial charge in [0.05, 0.1) is 0 Å². The first-order valence-electron chi connectivity index (χ1n) is 6.46. The fourth-order valence-electron chi connectivity index (χ4n) is 2.01. The zero-order valence-corrected chi connectivity index (χ0v) is 10.3. The molecule has 4 nitrogen and oxygen atoms in total. The molecule has 0 radical (unpaired) electrons. The Kier molecular flexibility index (Phi) is 6.42. The fraction of sp³-hybridized carbons (Fsp3) is 0.917. The normalized spacial score (nSPS) is 17.9. The number of hydrogen-bond acceptors (Lipinski definition) is 3. The summed E-state index contributed by atoms with van der Waals surface area (Å²) in [5.41, 5.74) is 5.64. The third kappa shape index (κ3) is 4.94. The van der Waals surface area contributed by atoms with Gasteiger partial charge in [0.1, 0.15) is 0 Å². The number of nitrogens with one attached hydrogen (secondary N) is 2. The van der Waals surface area contributed by atoms with Crippen LogP contribution in [0.2, 0.25) is 0 Å². The van der Waals surface area contributed by atoms with Crippen molar-refractivity contribution < 1.29 is 4.79 Å². The molecule has 4 N–H and O–H groups in total. The van der Waals surface area contributed by atoms with Gasteiger partial charge < -0.3 is 16.4 Å². The van der Waals surface area contributed by atoms with Crippen molar-refractivity contribution in [3.8, 4) is 0 Å². The molecule has 1 unspecified atom stereocenters. The summed E-state index contributed by atoms with van der Waals surface area (Å²) in [6.07, 6.45) is 5.88. The van der Waals surface area contributed by atoms with Crippen molar-refractivity contribution >= 4 is 5.91 Å². The van der Waals surface area contributed by atoms with Gasteiger partial charge in [-0.1, -0.05) is 19.3 Å². The Morgan fingerprint density at radius 3 is 2.75 bits per heavy atom. The average molecular weight is 227 g/mol. The number of carbonyl (C=O) groups excluding carboxylic acids is 1. The molecule has 0 heterocycles. The number of rotatable bonds is 8. The highest BCUT2D eigenvalue weighted by Crippen LogP contribution is 2.28. The van der Waals surface area contributed by atoms with Crippen molar-refractivity contribution in [1.29, 1.82) is 0 Å². The molecule has 4 heteroatoms. The van der Waals surface area contributed by atoms with Gasteiger partial charge in [0.15, 0.2) is 0 Å². The summed E-state index contributed by atoms with van der Waals surface area (Å²) >= 11 is 0. The summed E-state index contributed by atoms with van der Waals surface area (Å²) < 4.78 is 0. The second-order valence-corrected chi connectivity index (χ2v) is 4.63. The van der Waals surface area contributed by atoms with Crippen molar-refractivity contribution in [3.63, 3.8) is 0 Å². The molecule has 1 aliphatic carbocycles. The van der Waals surface area contributed by atoms with Crippen LogP contribution in [0.3, 0.4) is 0 Å². The summed E-state index contributed by atoms with van der Waals surface area (Å²) in [5, 5.41) is 6.17. The summed E-state index contributed by atoms with van der Waals surface area (Å²) in [7, 11) is 0. The van der Waals surface area contributed by atoms with Crippen LogP contribution >= 0.6 is 0 Å². The van der Waals surface area contributed by atoms with E-state index >= 15 is 0 Å². The van der Waals surface area contributed by atoms with Crippen molar-refractivity contribution in [3.05, 3.63) is 0 Å². The molecule has 0 bridgehead atoms. The maximum absolute atomic E-state index is 11.4. The first-order valence-corrected chi connectivity index (χ1v) is 6.46. The Morgan fingerprint density at radius 1 is 1.50 bits per heavy atom. The Hall–Kier alpha value is -0.610. The zero-order chi connectivity index (χ0) is 11.8. The number of amides is 1. The average Bonchev–Trinajstić information content (AvgIpc) is 2.20. The highest BCUT2D eigenvalue weighted by Gasteiger charge is 2.17. The SMILES string of the molecule is CCNC(=O)CC(CN)NCCC1CCC1. The maximum Gasteiger partial charge on any atom is 0.221 e. The van der Waals surface area contributed by atoms with Gasteiger partial charge in [-0.05, 0) is 25.8 Å². The summed E-state index contributed by atoms with van der Waals surface area (Å²) in [6, 6.07) is 0.131. The lowest BCUT2D eigenvalue weighted by atomic mass is 9.83. The predicted octanol–water partition coefficient (Wildman–Crippen LogP) is 0.620. The van der Waals surface area contributed by atoms with Crippen molar-refractivity contribution in [2.24, 2.45) is 11.7 Å². The summed E-state index contributed by atoms with van der Waals surface area (Å²) in [5.74, 6) is 1.00. The number of hydrogen-bond donors (Lipinski definition) is 3. The van der Waals surface area contributed by atoms with E-state index in [1.54, 1.807) is 0 Å². The Balaban J connectivity index is 2.07. The smallest absolute Gasteiger partial charge is 0.221 e. The number of carbonyl (C=O) groups is 1. The van der Waals surface area contributed by atoms with E-state index in [0.717, 1.165) is 12.5 Å². The quantitative estimate of drug-likeness (QED) is 0.569. The summed E-state index contributed by atoms with van der Waals surface area (Å²) in [6.45, 7) is 4.14. The van der Waals surface area contributed by atoms with Crippen molar-refractivity contribution in [2.75, 3.05) is 19.6 Å². The van der Waals surface area contributed by atoms with Gasteiger partial charge in [-0.15, -0.1) is 0 Å². The fourth-order valence-corrected chi connectivity index (χ4v) is 2.01. The van der Waals surface area contributed by atoms with E-state index in [-0.39, 0.29) is 11.9 Å². The van der Waals surface area contributed by atoms with Crippen LogP contribution in [-0.2, 0) is 4.79 Å². The lowest BCUT2D eigenvalue weighted by Crippen LogP contribution is -2.41. The van der Waals surface area contributed by atoms with E-state index in [9.17, 15) is 4.79 Å². The van der Waals surface area contributed by atoms with Crippen LogP contribution in [-0.4, -0.2) is 31.6 Å². The molecule has 0 aliphatic heterocycles. The topological polar surface area (TPSA) is 67.2 Å². The molecule has 1 fully saturated rings. The van der Waals surface area contributed by atoms with Crippen molar-refractivity contribution in [2.45, 2.75) is 45.1 Å². The molecule has 1 rings (SSSR count). The standard InChI is InChI=1S/C12H25N3O/c1-2-14-12(16)8-11(9-13)15-7-6-10-4-3-5-10/h10-11,15H,2-9,13H2,1H3,(H,14,16). The highest BCUT2D eigenvalue weighted by molar-refractivity contribution is 5.76. The van der Waals surface area contributed by atoms with Crippen LogP contribution in [0, 0.1) is 5.92 Å². The van der Waals surface area contributed by atoms with Gasteiger partial charge in [0.25, 0.3) is 0 Å².